The van der Waals surface area contributed by atoms with Crippen LogP contribution in [0.1, 0.15) is 23.9 Å². The minimum absolute atomic E-state index is 0.0689. The van der Waals surface area contributed by atoms with Gasteiger partial charge in [0.05, 0.1) is 25.5 Å². The first-order chi connectivity index (χ1) is 15.1. The van der Waals surface area contributed by atoms with Crippen LogP contribution in [0.25, 0.3) is 0 Å². The highest BCUT2D eigenvalue weighted by Crippen LogP contribution is 2.31. The third kappa shape index (κ3) is 5.02. The number of nitrogens with two attached hydrogens (primary N) is 1. The molecule has 1 atom stereocenters. The predicted molar refractivity (Wildman–Crippen MR) is 116 cm³/mol. The van der Waals surface area contributed by atoms with Crippen LogP contribution >= 0.6 is 11.8 Å². The summed E-state index contributed by atoms with van der Waals surface area (Å²) < 4.78 is 17.9. The van der Waals surface area contributed by atoms with E-state index in [-0.39, 0.29) is 24.3 Å². The zero-order chi connectivity index (χ0) is 21.6. The molecule has 0 radical (unpaired) electrons. The molecule has 0 saturated heterocycles. The first kappa shape index (κ1) is 20.9. The first-order valence-corrected chi connectivity index (χ1v) is 10.7. The Bertz CT molecular complexity index is 1060. The third-order valence-electron chi connectivity index (χ3n) is 4.77. The molecule has 0 unspecified atom stereocenters. The van der Waals surface area contributed by atoms with Gasteiger partial charge < -0.3 is 25.4 Å². The lowest BCUT2D eigenvalue weighted by atomic mass is 10.0. The van der Waals surface area contributed by atoms with E-state index in [1.165, 1.54) is 16.4 Å². The van der Waals surface area contributed by atoms with Gasteiger partial charge in [0.2, 0.25) is 11.1 Å². The van der Waals surface area contributed by atoms with Crippen LogP contribution in [0.3, 0.4) is 0 Å². The van der Waals surface area contributed by atoms with Crippen molar-refractivity contribution in [1.29, 1.82) is 0 Å². The molecule has 1 aromatic heterocycles. The van der Waals surface area contributed by atoms with E-state index in [1.54, 1.807) is 13.2 Å². The summed E-state index contributed by atoms with van der Waals surface area (Å²) in [5.41, 5.74) is 0.992. The van der Waals surface area contributed by atoms with E-state index in [9.17, 15) is 4.79 Å². The van der Waals surface area contributed by atoms with Crippen molar-refractivity contribution in [3.8, 4) is 17.2 Å². The maximum Gasteiger partial charge on any atom is 0.230 e. The van der Waals surface area contributed by atoms with Gasteiger partial charge in [-0.05, 0) is 18.2 Å². The smallest absolute Gasteiger partial charge is 0.230 e. The monoisotopic (exact) mass is 441 g/mol. The van der Waals surface area contributed by atoms with Crippen LogP contribution in [-0.4, -0.2) is 40.3 Å². The van der Waals surface area contributed by atoms with E-state index in [0.29, 0.717) is 29.1 Å². The third-order valence-corrected chi connectivity index (χ3v) is 5.71. The second kappa shape index (κ2) is 9.61. The average molecular weight is 442 g/mol. The van der Waals surface area contributed by atoms with Gasteiger partial charge in [0.15, 0.2) is 5.82 Å². The SMILES string of the molecule is COc1cccc(OCc2nnc(SCC(=O)N[C@H]3CCOc4ccccc43)n2N)c1. The van der Waals surface area contributed by atoms with Crippen LogP contribution in [0.4, 0.5) is 0 Å². The Morgan fingerprint density at radius 2 is 2.10 bits per heavy atom. The molecular formula is C21H23N5O4S. The molecule has 0 fully saturated rings. The molecule has 10 heteroatoms. The standard InChI is InChI=1S/C21H23N5O4S/c1-28-14-5-4-6-15(11-14)30-12-19-24-25-21(26(19)22)31-13-20(27)23-17-9-10-29-18-8-3-2-7-16(17)18/h2-8,11,17H,9-10,12-13,22H2,1H3,(H,23,27)/t17-/m0/s1. The molecule has 1 aliphatic rings. The predicted octanol–water partition coefficient (Wildman–Crippen LogP) is 2.31. The van der Waals surface area contributed by atoms with Gasteiger partial charge in [-0.25, -0.2) is 4.68 Å². The maximum absolute atomic E-state index is 12.5. The normalized spacial score (nSPS) is 14.9. The van der Waals surface area contributed by atoms with Gasteiger partial charge in [-0.2, -0.15) is 0 Å². The molecule has 9 nitrogen and oxygen atoms in total. The topological polar surface area (TPSA) is 114 Å². The lowest BCUT2D eigenvalue weighted by Gasteiger charge is -2.26. The molecule has 162 valence electrons. The zero-order valence-corrected chi connectivity index (χ0v) is 17.8. The molecule has 2 heterocycles. The summed E-state index contributed by atoms with van der Waals surface area (Å²) in [7, 11) is 1.59. The van der Waals surface area contributed by atoms with Gasteiger partial charge in [-0.1, -0.05) is 36.0 Å². The zero-order valence-electron chi connectivity index (χ0n) is 17.0. The van der Waals surface area contributed by atoms with Crippen LogP contribution in [-0.2, 0) is 11.4 Å². The van der Waals surface area contributed by atoms with Crippen LogP contribution in [0.2, 0.25) is 0 Å². The summed E-state index contributed by atoms with van der Waals surface area (Å²) in [5, 5.41) is 11.6. The number of amides is 1. The number of hydrogen-bond donors (Lipinski definition) is 2. The highest BCUT2D eigenvalue weighted by atomic mass is 32.2. The van der Waals surface area contributed by atoms with E-state index < -0.39 is 0 Å². The lowest BCUT2D eigenvalue weighted by molar-refractivity contribution is -0.119. The number of aromatic nitrogens is 3. The number of benzene rings is 2. The van der Waals surface area contributed by atoms with E-state index in [0.717, 1.165) is 17.7 Å². The number of nitrogens with one attached hydrogen (secondary N) is 1. The number of thioether (sulfide) groups is 1. The molecule has 31 heavy (non-hydrogen) atoms. The number of methoxy groups -OCH3 is 1. The number of nitrogen functional groups attached to an aromatic ring is 1. The Kier molecular flexibility index (Phi) is 6.46. The van der Waals surface area contributed by atoms with Crippen molar-refractivity contribution in [2.45, 2.75) is 24.2 Å². The number of rotatable bonds is 8. The number of carbonyl (C=O) groups is 1. The average Bonchev–Trinajstić information content (AvgIpc) is 3.16. The number of hydrogen-bond acceptors (Lipinski definition) is 8. The summed E-state index contributed by atoms with van der Waals surface area (Å²) in [5.74, 6) is 8.73. The molecular weight excluding hydrogens is 418 g/mol. The van der Waals surface area contributed by atoms with Crippen LogP contribution < -0.4 is 25.4 Å². The first-order valence-electron chi connectivity index (χ1n) is 9.74. The fourth-order valence-electron chi connectivity index (χ4n) is 3.20. The summed E-state index contributed by atoms with van der Waals surface area (Å²) in [6.45, 7) is 0.713. The van der Waals surface area contributed by atoms with Crippen LogP contribution in [0.5, 0.6) is 17.2 Å². The summed E-state index contributed by atoms with van der Waals surface area (Å²) >= 11 is 1.22. The Hall–Kier alpha value is -3.40. The Morgan fingerprint density at radius 3 is 2.97 bits per heavy atom. The lowest BCUT2D eigenvalue weighted by Crippen LogP contribution is -2.33. The highest BCUT2D eigenvalue weighted by molar-refractivity contribution is 7.99. The van der Waals surface area contributed by atoms with Crippen molar-refractivity contribution in [2.75, 3.05) is 25.3 Å². The number of carbonyl (C=O) groups excluding carboxylic acids is 1. The van der Waals surface area contributed by atoms with Crippen molar-refractivity contribution in [2.24, 2.45) is 0 Å². The molecule has 4 rings (SSSR count). The van der Waals surface area contributed by atoms with Crippen molar-refractivity contribution in [3.05, 3.63) is 59.9 Å². The Labute approximate surface area is 183 Å². The highest BCUT2D eigenvalue weighted by Gasteiger charge is 2.23. The van der Waals surface area contributed by atoms with E-state index in [1.807, 2.05) is 42.5 Å². The van der Waals surface area contributed by atoms with Crippen molar-refractivity contribution in [1.82, 2.24) is 20.2 Å². The second-order valence-corrected chi connectivity index (χ2v) is 7.76. The van der Waals surface area contributed by atoms with Gasteiger partial charge in [0.25, 0.3) is 0 Å². The van der Waals surface area contributed by atoms with Crippen molar-refractivity contribution in [3.63, 3.8) is 0 Å². The largest absolute Gasteiger partial charge is 0.497 e. The molecule has 1 aliphatic heterocycles. The number of fused-ring (bicyclic) bond motifs is 1. The summed E-state index contributed by atoms with van der Waals surface area (Å²) in [6, 6.07) is 14.9. The van der Waals surface area contributed by atoms with Gasteiger partial charge in [-0.15, -0.1) is 10.2 Å². The van der Waals surface area contributed by atoms with Crippen LogP contribution in [0, 0.1) is 0 Å². The van der Waals surface area contributed by atoms with Gasteiger partial charge in [0.1, 0.15) is 23.9 Å². The van der Waals surface area contributed by atoms with Crippen LogP contribution in [0.15, 0.2) is 53.7 Å². The molecule has 3 aromatic rings. The Balaban J connectivity index is 1.30. The number of para-hydroxylation sites is 1. The van der Waals surface area contributed by atoms with E-state index in [4.69, 9.17) is 20.1 Å². The molecule has 0 bridgehead atoms. The van der Waals surface area contributed by atoms with Gasteiger partial charge in [0, 0.05) is 18.1 Å². The van der Waals surface area contributed by atoms with E-state index in [2.05, 4.69) is 15.5 Å². The summed E-state index contributed by atoms with van der Waals surface area (Å²) in [4.78, 5) is 12.5. The van der Waals surface area contributed by atoms with Gasteiger partial charge >= 0.3 is 0 Å². The minimum Gasteiger partial charge on any atom is -0.497 e. The second-order valence-electron chi connectivity index (χ2n) is 6.82. The molecule has 3 N–H and O–H groups in total. The molecule has 0 aliphatic carbocycles. The maximum atomic E-state index is 12.5. The fraction of sp³-hybridized carbons (Fsp3) is 0.286. The van der Waals surface area contributed by atoms with Gasteiger partial charge in [-0.3, -0.25) is 4.79 Å². The molecule has 2 aromatic carbocycles. The number of nitrogens with zero attached hydrogens (tertiary/aromatic N) is 3. The van der Waals surface area contributed by atoms with E-state index >= 15 is 0 Å². The fourth-order valence-corrected chi connectivity index (χ4v) is 3.89. The quantitative estimate of drug-likeness (QED) is 0.404. The van der Waals surface area contributed by atoms with Crippen molar-refractivity contribution < 1.29 is 19.0 Å². The molecule has 1 amide bonds. The molecule has 0 saturated carbocycles. The minimum atomic E-state index is -0.108. The summed E-state index contributed by atoms with van der Waals surface area (Å²) in [6.07, 6.45) is 0.728. The number of ether oxygens (including phenoxy) is 3. The van der Waals surface area contributed by atoms with Crippen molar-refractivity contribution >= 4 is 17.7 Å². The molecule has 0 spiro atoms. The Morgan fingerprint density at radius 1 is 1.26 bits per heavy atom.